The summed E-state index contributed by atoms with van der Waals surface area (Å²) in [5.74, 6) is 1.08. The second-order valence-electron chi connectivity index (χ2n) is 6.37. The van der Waals surface area contributed by atoms with Gasteiger partial charge in [-0.05, 0) is 48.6 Å². The van der Waals surface area contributed by atoms with Crippen molar-refractivity contribution >= 4 is 45.2 Å². The largest absolute Gasteiger partial charge is 0.497 e. The number of hydrogen-bond donors (Lipinski definition) is 0. The molecule has 0 bridgehead atoms. The second kappa shape index (κ2) is 10.4. The van der Waals surface area contributed by atoms with Gasteiger partial charge in [-0.2, -0.15) is 4.99 Å². The van der Waals surface area contributed by atoms with Gasteiger partial charge in [-0.15, -0.1) is 11.8 Å². The van der Waals surface area contributed by atoms with Gasteiger partial charge in [0.15, 0.2) is 4.80 Å². The van der Waals surface area contributed by atoms with E-state index in [1.165, 1.54) is 16.2 Å². The number of thiazole rings is 1. The van der Waals surface area contributed by atoms with Crippen LogP contribution in [0.5, 0.6) is 5.75 Å². The smallest absolute Gasteiger partial charge is 0.326 e. The Morgan fingerprint density at radius 2 is 1.90 bits per heavy atom. The summed E-state index contributed by atoms with van der Waals surface area (Å²) < 4.78 is 13.0. The Bertz CT molecular complexity index is 1100. The Kier molecular flexibility index (Phi) is 7.70. The number of rotatable bonds is 8. The van der Waals surface area contributed by atoms with Crippen molar-refractivity contribution in [1.82, 2.24) is 4.57 Å². The Balaban J connectivity index is 1.92. The van der Waals surface area contributed by atoms with Crippen molar-refractivity contribution in [2.45, 2.75) is 31.7 Å². The van der Waals surface area contributed by atoms with Crippen LogP contribution >= 0.6 is 23.1 Å². The predicted octanol–water partition coefficient (Wildman–Crippen LogP) is 4.06. The molecule has 30 heavy (non-hydrogen) atoms. The van der Waals surface area contributed by atoms with Gasteiger partial charge in [0.2, 0.25) is 0 Å². The van der Waals surface area contributed by atoms with Gasteiger partial charge in [-0.25, -0.2) is 0 Å². The van der Waals surface area contributed by atoms with Crippen molar-refractivity contribution in [3.63, 3.8) is 0 Å². The molecule has 3 aromatic rings. The lowest BCUT2D eigenvalue weighted by molar-refractivity contribution is -0.143. The highest BCUT2D eigenvalue weighted by Gasteiger charge is 2.13. The molecule has 0 aliphatic heterocycles. The van der Waals surface area contributed by atoms with Crippen molar-refractivity contribution in [3.8, 4) is 5.75 Å². The van der Waals surface area contributed by atoms with E-state index in [0.29, 0.717) is 17.2 Å². The Hall–Kier alpha value is -2.58. The van der Waals surface area contributed by atoms with Gasteiger partial charge in [-0.3, -0.25) is 9.59 Å². The van der Waals surface area contributed by atoms with Crippen LogP contribution in [0.15, 0.2) is 52.4 Å². The van der Waals surface area contributed by atoms with E-state index >= 15 is 0 Å². The number of amides is 1. The number of carbonyl (C=O) groups excluding carboxylic acids is 2. The fourth-order valence-electron chi connectivity index (χ4n) is 2.95. The molecule has 158 valence electrons. The molecule has 0 atom stereocenters. The molecular formula is C22H24N2O4S2. The third kappa shape index (κ3) is 5.52. The third-order valence-corrected chi connectivity index (χ3v) is 6.23. The van der Waals surface area contributed by atoms with Gasteiger partial charge in [0.05, 0.1) is 30.4 Å². The summed E-state index contributed by atoms with van der Waals surface area (Å²) in [4.78, 5) is 30.7. The van der Waals surface area contributed by atoms with Crippen molar-refractivity contribution in [1.29, 1.82) is 0 Å². The highest BCUT2D eigenvalue weighted by Crippen LogP contribution is 2.23. The predicted molar refractivity (Wildman–Crippen MR) is 120 cm³/mol. The van der Waals surface area contributed by atoms with Crippen LogP contribution in [0.4, 0.5) is 0 Å². The van der Waals surface area contributed by atoms with Crippen molar-refractivity contribution in [2.24, 2.45) is 4.99 Å². The maximum Gasteiger partial charge on any atom is 0.326 e. The number of benzene rings is 2. The first-order valence-corrected chi connectivity index (χ1v) is 11.5. The maximum absolute atomic E-state index is 12.6. The zero-order valence-electron chi connectivity index (χ0n) is 17.2. The van der Waals surface area contributed by atoms with Gasteiger partial charge in [-0.1, -0.05) is 30.4 Å². The van der Waals surface area contributed by atoms with E-state index < -0.39 is 0 Å². The summed E-state index contributed by atoms with van der Waals surface area (Å²) in [6.07, 6.45) is 0.202. The summed E-state index contributed by atoms with van der Waals surface area (Å²) >= 11 is 3.10. The molecule has 0 aliphatic carbocycles. The lowest BCUT2D eigenvalue weighted by Gasteiger charge is -2.06. The fraction of sp³-hybridized carbons (Fsp3) is 0.318. The molecule has 1 aromatic heterocycles. The van der Waals surface area contributed by atoms with E-state index in [0.717, 1.165) is 21.5 Å². The molecule has 0 spiro atoms. The standard InChI is InChI=1S/C22H24N2O4S2/c1-4-28-21(26)14-24-18-11-8-16(27-3)13-19(18)30-22(24)23-20(25)12-15-6-9-17(10-7-15)29-5-2/h6-11,13H,4-5,12,14H2,1-3H3. The molecule has 3 rings (SSSR count). The molecule has 0 saturated heterocycles. The number of hydrogen-bond acceptors (Lipinski definition) is 6. The lowest BCUT2D eigenvalue weighted by atomic mass is 10.1. The molecule has 0 fully saturated rings. The first kappa shape index (κ1) is 22.1. The minimum atomic E-state index is -0.370. The van der Waals surface area contributed by atoms with Crippen LogP contribution in [-0.4, -0.2) is 35.9 Å². The summed E-state index contributed by atoms with van der Waals surface area (Å²) in [6.45, 7) is 4.16. The summed E-state index contributed by atoms with van der Waals surface area (Å²) in [5.41, 5.74) is 1.71. The molecule has 1 heterocycles. The maximum atomic E-state index is 12.6. The van der Waals surface area contributed by atoms with Crippen molar-refractivity contribution < 1.29 is 19.1 Å². The van der Waals surface area contributed by atoms with Gasteiger partial charge in [0.1, 0.15) is 12.3 Å². The summed E-state index contributed by atoms with van der Waals surface area (Å²) in [6, 6.07) is 13.5. The number of nitrogens with zero attached hydrogens (tertiary/aromatic N) is 2. The highest BCUT2D eigenvalue weighted by atomic mass is 32.2. The molecule has 0 unspecified atom stereocenters. The topological polar surface area (TPSA) is 69.9 Å². The lowest BCUT2D eigenvalue weighted by Crippen LogP contribution is -2.23. The van der Waals surface area contributed by atoms with E-state index in [1.807, 2.05) is 42.5 Å². The zero-order valence-corrected chi connectivity index (χ0v) is 18.8. The van der Waals surface area contributed by atoms with E-state index in [4.69, 9.17) is 9.47 Å². The molecule has 8 heteroatoms. The Morgan fingerprint density at radius 1 is 1.13 bits per heavy atom. The molecule has 2 aromatic carbocycles. The minimum Gasteiger partial charge on any atom is -0.497 e. The van der Waals surface area contributed by atoms with Crippen LogP contribution in [0.25, 0.3) is 10.2 Å². The van der Waals surface area contributed by atoms with Crippen LogP contribution in [0.1, 0.15) is 19.4 Å². The zero-order chi connectivity index (χ0) is 21.5. The van der Waals surface area contributed by atoms with Crippen LogP contribution < -0.4 is 9.54 Å². The fourth-order valence-corrected chi connectivity index (χ4v) is 4.68. The molecule has 0 N–H and O–H groups in total. The molecular weight excluding hydrogens is 420 g/mol. The number of methoxy groups -OCH3 is 1. The monoisotopic (exact) mass is 444 g/mol. The number of esters is 1. The normalized spacial score (nSPS) is 11.6. The quantitative estimate of drug-likeness (QED) is 0.387. The molecule has 0 aliphatic rings. The average molecular weight is 445 g/mol. The first-order chi connectivity index (χ1) is 14.5. The molecule has 0 radical (unpaired) electrons. The minimum absolute atomic E-state index is 0.00474. The number of thioether (sulfide) groups is 1. The summed E-state index contributed by atoms with van der Waals surface area (Å²) in [7, 11) is 1.60. The van der Waals surface area contributed by atoms with E-state index in [2.05, 4.69) is 11.9 Å². The number of ether oxygens (including phenoxy) is 2. The third-order valence-electron chi connectivity index (χ3n) is 4.29. The molecule has 6 nitrogen and oxygen atoms in total. The molecule has 1 amide bonds. The van der Waals surface area contributed by atoms with Crippen LogP contribution in [0, 0.1) is 0 Å². The van der Waals surface area contributed by atoms with E-state index in [9.17, 15) is 9.59 Å². The van der Waals surface area contributed by atoms with Gasteiger partial charge >= 0.3 is 5.97 Å². The van der Waals surface area contributed by atoms with Gasteiger partial charge < -0.3 is 14.0 Å². The van der Waals surface area contributed by atoms with Crippen LogP contribution in [0.3, 0.4) is 0 Å². The number of carbonyl (C=O) groups is 2. The summed E-state index contributed by atoms with van der Waals surface area (Å²) in [5, 5.41) is 0. The second-order valence-corrected chi connectivity index (χ2v) is 8.72. The first-order valence-electron chi connectivity index (χ1n) is 9.66. The van der Waals surface area contributed by atoms with Gasteiger partial charge in [0.25, 0.3) is 5.91 Å². The Morgan fingerprint density at radius 3 is 2.57 bits per heavy atom. The number of fused-ring (bicyclic) bond motifs is 1. The van der Waals surface area contributed by atoms with E-state index in [1.54, 1.807) is 30.4 Å². The highest BCUT2D eigenvalue weighted by molar-refractivity contribution is 7.99. The SMILES string of the molecule is CCOC(=O)Cn1c(=NC(=O)Cc2ccc(SCC)cc2)sc2cc(OC)ccc21. The van der Waals surface area contributed by atoms with Crippen LogP contribution in [-0.2, 0) is 27.3 Å². The number of aromatic nitrogens is 1. The Labute approximate surface area is 183 Å². The van der Waals surface area contributed by atoms with Gasteiger partial charge in [0, 0.05) is 4.90 Å². The van der Waals surface area contributed by atoms with Crippen molar-refractivity contribution in [3.05, 3.63) is 52.8 Å². The average Bonchev–Trinajstić information content (AvgIpc) is 3.05. The van der Waals surface area contributed by atoms with E-state index in [-0.39, 0.29) is 24.8 Å². The van der Waals surface area contributed by atoms with Crippen LogP contribution in [0.2, 0.25) is 0 Å². The molecule has 0 saturated carbocycles. The van der Waals surface area contributed by atoms with Crippen molar-refractivity contribution in [2.75, 3.05) is 19.5 Å².